The van der Waals surface area contributed by atoms with Gasteiger partial charge in [0.25, 0.3) is 5.56 Å². The first-order valence-corrected chi connectivity index (χ1v) is 11.1. The van der Waals surface area contributed by atoms with Crippen molar-refractivity contribution < 1.29 is 4.79 Å². The number of amides is 1. The van der Waals surface area contributed by atoms with Gasteiger partial charge in [0, 0.05) is 10.6 Å². The van der Waals surface area contributed by atoms with Crippen molar-refractivity contribution in [1.82, 2.24) is 9.55 Å². The molecule has 0 fully saturated rings. The Morgan fingerprint density at radius 1 is 1.41 bits per heavy atom. The zero-order chi connectivity index (χ0) is 20.7. The van der Waals surface area contributed by atoms with Gasteiger partial charge in [0.15, 0.2) is 0 Å². The lowest BCUT2D eigenvalue weighted by atomic mass is 9.89. The van der Waals surface area contributed by atoms with Crippen molar-refractivity contribution in [3.63, 3.8) is 0 Å². The van der Waals surface area contributed by atoms with Gasteiger partial charge in [-0.25, -0.2) is 4.98 Å². The maximum atomic E-state index is 13.3. The van der Waals surface area contributed by atoms with Crippen LogP contribution in [0.25, 0.3) is 10.2 Å². The Hall–Kier alpha value is -2.47. The molecule has 3 aromatic rings. The number of carbonyl (C=O) groups excluding carboxylic acids is 1. The second kappa shape index (κ2) is 7.75. The zero-order valence-corrected chi connectivity index (χ0v) is 18.2. The average Bonchev–Trinajstić information content (AvgIpc) is 3.07. The van der Waals surface area contributed by atoms with E-state index in [1.165, 1.54) is 15.8 Å². The van der Waals surface area contributed by atoms with Crippen molar-refractivity contribution in [1.29, 1.82) is 0 Å². The fourth-order valence-electron chi connectivity index (χ4n) is 4.18. The van der Waals surface area contributed by atoms with Crippen LogP contribution in [0.2, 0.25) is 0 Å². The van der Waals surface area contributed by atoms with Crippen molar-refractivity contribution >= 4 is 33.1 Å². The highest BCUT2D eigenvalue weighted by molar-refractivity contribution is 7.18. The molecule has 1 aromatic carbocycles. The van der Waals surface area contributed by atoms with Crippen LogP contribution in [0.3, 0.4) is 0 Å². The first kappa shape index (κ1) is 19.8. The summed E-state index contributed by atoms with van der Waals surface area (Å²) in [5.41, 5.74) is 4.00. The van der Waals surface area contributed by atoms with Crippen molar-refractivity contribution in [3.8, 4) is 0 Å². The van der Waals surface area contributed by atoms with Crippen LogP contribution < -0.4 is 10.9 Å². The van der Waals surface area contributed by atoms with E-state index in [4.69, 9.17) is 0 Å². The predicted molar refractivity (Wildman–Crippen MR) is 119 cm³/mol. The number of nitrogens with zero attached hydrogens (tertiary/aromatic N) is 2. The first-order chi connectivity index (χ1) is 13.9. The Morgan fingerprint density at radius 2 is 2.21 bits per heavy atom. The molecule has 2 aromatic heterocycles. The molecule has 0 saturated heterocycles. The molecule has 152 valence electrons. The lowest BCUT2D eigenvalue weighted by molar-refractivity contribution is -0.118. The molecular weight excluding hydrogens is 382 g/mol. The van der Waals surface area contributed by atoms with Gasteiger partial charge in [-0.2, -0.15) is 0 Å². The van der Waals surface area contributed by atoms with Crippen LogP contribution in [0.15, 0.2) is 29.3 Å². The SMILES string of the molecule is CCc1cccc(C)c1NC(=O)[C@@H](C)n1cnc2sc3c(c2c1=O)CC[C@@H](C)C3. The van der Waals surface area contributed by atoms with Crippen LogP contribution in [-0.2, 0) is 24.1 Å². The maximum absolute atomic E-state index is 13.3. The molecule has 1 aliphatic rings. The third kappa shape index (κ3) is 3.50. The highest BCUT2D eigenvalue weighted by atomic mass is 32.1. The van der Waals surface area contributed by atoms with Crippen LogP contribution in [0, 0.1) is 12.8 Å². The Bertz CT molecular complexity index is 1140. The molecule has 0 aliphatic heterocycles. The topological polar surface area (TPSA) is 64.0 Å². The lowest BCUT2D eigenvalue weighted by Crippen LogP contribution is -2.32. The molecule has 0 radical (unpaired) electrons. The monoisotopic (exact) mass is 409 g/mol. The fraction of sp³-hybridized carbons (Fsp3) is 0.435. The van der Waals surface area contributed by atoms with Crippen molar-refractivity contribution in [2.75, 3.05) is 5.32 Å². The second-order valence-corrected chi connectivity index (χ2v) is 9.20. The fourth-order valence-corrected chi connectivity index (χ4v) is 5.52. The number of anilines is 1. The van der Waals surface area contributed by atoms with Crippen molar-refractivity contribution in [2.24, 2.45) is 5.92 Å². The summed E-state index contributed by atoms with van der Waals surface area (Å²) < 4.78 is 1.48. The summed E-state index contributed by atoms with van der Waals surface area (Å²) in [5, 5.41) is 3.75. The Labute approximate surface area is 174 Å². The molecule has 2 atom stereocenters. The summed E-state index contributed by atoms with van der Waals surface area (Å²) in [7, 11) is 0. The van der Waals surface area contributed by atoms with Gasteiger partial charge in [0.2, 0.25) is 5.91 Å². The van der Waals surface area contributed by atoms with Crippen LogP contribution >= 0.6 is 11.3 Å². The normalized spacial score (nSPS) is 17.2. The van der Waals surface area contributed by atoms with Crippen molar-refractivity contribution in [2.45, 2.75) is 59.4 Å². The number of hydrogen-bond donors (Lipinski definition) is 1. The smallest absolute Gasteiger partial charge is 0.263 e. The van der Waals surface area contributed by atoms with Gasteiger partial charge in [-0.05, 0) is 62.1 Å². The molecule has 0 spiro atoms. The van der Waals surface area contributed by atoms with E-state index in [1.807, 2.05) is 25.1 Å². The zero-order valence-electron chi connectivity index (χ0n) is 17.4. The number of fused-ring (bicyclic) bond motifs is 3. The quantitative estimate of drug-likeness (QED) is 0.682. The van der Waals surface area contributed by atoms with Gasteiger partial charge in [-0.3, -0.25) is 14.2 Å². The summed E-state index contributed by atoms with van der Waals surface area (Å²) in [6.45, 7) is 8.06. The summed E-state index contributed by atoms with van der Waals surface area (Å²) in [6, 6.07) is 5.36. The molecule has 29 heavy (non-hydrogen) atoms. The first-order valence-electron chi connectivity index (χ1n) is 10.3. The van der Waals surface area contributed by atoms with Crippen LogP contribution in [-0.4, -0.2) is 15.5 Å². The summed E-state index contributed by atoms with van der Waals surface area (Å²) in [4.78, 5) is 32.9. The Balaban J connectivity index is 1.69. The van der Waals surface area contributed by atoms with E-state index in [0.29, 0.717) is 11.3 Å². The number of hydrogen-bond acceptors (Lipinski definition) is 4. The van der Waals surface area contributed by atoms with Gasteiger partial charge in [0.05, 0.1) is 11.7 Å². The summed E-state index contributed by atoms with van der Waals surface area (Å²) in [5.74, 6) is 0.444. The molecule has 4 rings (SSSR count). The van der Waals surface area contributed by atoms with Crippen molar-refractivity contribution in [3.05, 3.63) is 56.4 Å². The second-order valence-electron chi connectivity index (χ2n) is 8.12. The number of nitrogens with one attached hydrogen (secondary N) is 1. The summed E-state index contributed by atoms with van der Waals surface area (Å²) >= 11 is 1.63. The number of carbonyl (C=O) groups is 1. The molecule has 1 aliphatic carbocycles. The Morgan fingerprint density at radius 3 is 2.97 bits per heavy atom. The van der Waals surface area contributed by atoms with E-state index in [9.17, 15) is 9.59 Å². The number of thiophene rings is 1. The van der Waals surface area contributed by atoms with E-state index < -0.39 is 6.04 Å². The van der Waals surface area contributed by atoms with E-state index in [-0.39, 0.29) is 11.5 Å². The Kier molecular flexibility index (Phi) is 5.30. The standard InChI is InChI=1S/C23H27N3O2S/c1-5-16-8-6-7-14(3)20(16)25-21(27)15(4)26-12-24-22-19(23(26)28)17-10-9-13(2)11-18(17)29-22/h6-8,12-13,15H,5,9-11H2,1-4H3,(H,25,27)/t13-,15-/m1/s1. The molecule has 1 N–H and O–H groups in total. The van der Waals surface area contributed by atoms with E-state index in [2.05, 4.69) is 24.1 Å². The molecule has 6 heteroatoms. The molecule has 0 unspecified atom stereocenters. The number of rotatable bonds is 4. The minimum absolute atomic E-state index is 0.106. The third-order valence-corrected chi connectivity index (χ3v) is 7.19. The largest absolute Gasteiger partial charge is 0.324 e. The highest BCUT2D eigenvalue weighted by Crippen LogP contribution is 2.35. The molecular formula is C23H27N3O2S. The van der Waals surface area contributed by atoms with Gasteiger partial charge < -0.3 is 5.32 Å². The van der Waals surface area contributed by atoms with Gasteiger partial charge in [0.1, 0.15) is 10.9 Å². The maximum Gasteiger partial charge on any atom is 0.263 e. The van der Waals surface area contributed by atoms with Crippen LogP contribution in [0.1, 0.15) is 54.8 Å². The average molecular weight is 410 g/mol. The van der Waals surface area contributed by atoms with E-state index in [1.54, 1.807) is 18.3 Å². The lowest BCUT2D eigenvalue weighted by Gasteiger charge is -2.19. The molecule has 5 nitrogen and oxygen atoms in total. The highest BCUT2D eigenvalue weighted by Gasteiger charge is 2.25. The minimum atomic E-state index is -0.637. The van der Waals surface area contributed by atoms with Gasteiger partial charge in [-0.1, -0.05) is 32.0 Å². The van der Waals surface area contributed by atoms with E-state index >= 15 is 0 Å². The number of para-hydroxylation sites is 1. The number of aryl methyl sites for hydroxylation is 3. The molecule has 0 saturated carbocycles. The van der Waals surface area contributed by atoms with E-state index in [0.717, 1.165) is 52.9 Å². The summed E-state index contributed by atoms with van der Waals surface area (Å²) in [6.07, 6.45) is 5.38. The number of benzene rings is 1. The minimum Gasteiger partial charge on any atom is -0.324 e. The predicted octanol–water partition coefficient (Wildman–Crippen LogP) is 4.65. The molecule has 0 bridgehead atoms. The van der Waals surface area contributed by atoms with Crippen LogP contribution in [0.5, 0.6) is 0 Å². The molecule has 1 amide bonds. The van der Waals surface area contributed by atoms with Crippen LogP contribution in [0.4, 0.5) is 5.69 Å². The van der Waals surface area contributed by atoms with Gasteiger partial charge in [-0.15, -0.1) is 11.3 Å². The number of aromatic nitrogens is 2. The third-order valence-electron chi connectivity index (χ3n) is 6.03. The molecule has 2 heterocycles. The van der Waals surface area contributed by atoms with Gasteiger partial charge >= 0.3 is 0 Å².